The number of pyridine rings is 1. The topological polar surface area (TPSA) is 25.4 Å². The molecule has 0 spiro atoms. The number of piperidine rings is 1. The molecule has 3 heteroatoms. The zero-order valence-corrected chi connectivity index (χ0v) is 10.9. The maximum absolute atomic E-state index is 5.66. The SMILES string of the molecule is C.CC(C)Oc1cncc(CN2CCCCC2)c1. The summed E-state index contributed by atoms with van der Waals surface area (Å²) in [4.78, 5) is 6.75. The summed E-state index contributed by atoms with van der Waals surface area (Å²) in [5.41, 5.74) is 1.25. The van der Waals surface area contributed by atoms with Crippen molar-refractivity contribution in [3.05, 3.63) is 24.0 Å². The van der Waals surface area contributed by atoms with Crippen LogP contribution in [0.1, 0.15) is 46.1 Å². The Morgan fingerprint density at radius 2 is 1.94 bits per heavy atom. The molecule has 1 aromatic heterocycles. The first-order valence-corrected chi connectivity index (χ1v) is 6.57. The Balaban J connectivity index is 0.00000162. The molecular formula is C15H26N2O. The molecule has 2 rings (SSSR count). The number of rotatable bonds is 4. The molecule has 0 aromatic carbocycles. The highest BCUT2D eigenvalue weighted by Crippen LogP contribution is 2.17. The van der Waals surface area contributed by atoms with Gasteiger partial charge in [-0.1, -0.05) is 13.8 Å². The Bertz CT molecular complexity index is 346. The first kappa shape index (κ1) is 15.0. The minimum Gasteiger partial charge on any atom is -0.489 e. The third-order valence-electron chi connectivity index (χ3n) is 3.00. The third-order valence-corrected chi connectivity index (χ3v) is 3.00. The average molecular weight is 250 g/mol. The van der Waals surface area contributed by atoms with Crippen molar-refractivity contribution in [1.29, 1.82) is 0 Å². The molecule has 1 aliphatic heterocycles. The van der Waals surface area contributed by atoms with E-state index in [1.165, 1.54) is 37.9 Å². The standard InChI is InChI=1S/C14H22N2O.CH4/c1-12(2)17-14-8-13(9-15-10-14)11-16-6-4-3-5-7-16;/h8-10,12H,3-7,11H2,1-2H3;1H4. The molecule has 0 unspecified atom stereocenters. The van der Waals surface area contributed by atoms with Gasteiger partial charge in [-0.25, -0.2) is 0 Å². The quantitative estimate of drug-likeness (QED) is 0.818. The smallest absolute Gasteiger partial charge is 0.138 e. The van der Waals surface area contributed by atoms with E-state index in [1.807, 2.05) is 20.0 Å². The summed E-state index contributed by atoms with van der Waals surface area (Å²) >= 11 is 0. The lowest BCUT2D eigenvalue weighted by molar-refractivity contribution is 0.218. The van der Waals surface area contributed by atoms with Crippen LogP contribution in [0.3, 0.4) is 0 Å². The van der Waals surface area contributed by atoms with E-state index in [2.05, 4.69) is 16.0 Å². The van der Waals surface area contributed by atoms with Gasteiger partial charge in [0.1, 0.15) is 5.75 Å². The van der Waals surface area contributed by atoms with E-state index < -0.39 is 0 Å². The van der Waals surface area contributed by atoms with Crippen LogP contribution >= 0.6 is 0 Å². The molecule has 0 saturated carbocycles. The normalized spacial score (nSPS) is 16.4. The predicted octanol–water partition coefficient (Wildman–Crippen LogP) is 3.49. The Hall–Kier alpha value is -1.09. The molecule has 0 amide bonds. The van der Waals surface area contributed by atoms with Gasteiger partial charge < -0.3 is 4.74 Å². The summed E-state index contributed by atoms with van der Waals surface area (Å²) in [6, 6.07) is 2.11. The van der Waals surface area contributed by atoms with Crippen molar-refractivity contribution in [3.8, 4) is 5.75 Å². The van der Waals surface area contributed by atoms with E-state index in [-0.39, 0.29) is 13.5 Å². The summed E-state index contributed by atoms with van der Waals surface area (Å²) < 4.78 is 5.66. The fraction of sp³-hybridized carbons (Fsp3) is 0.667. The van der Waals surface area contributed by atoms with Crippen LogP contribution in [0.2, 0.25) is 0 Å². The molecule has 0 radical (unpaired) electrons. The van der Waals surface area contributed by atoms with Gasteiger partial charge in [0, 0.05) is 12.7 Å². The van der Waals surface area contributed by atoms with Crippen molar-refractivity contribution in [2.24, 2.45) is 0 Å². The molecule has 3 nitrogen and oxygen atoms in total. The van der Waals surface area contributed by atoms with Crippen LogP contribution in [0.25, 0.3) is 0 Å². The molecule has 1 aliphatic rings. The monoisotopic (exact) mass is 250 g/mol. The van der Waals surface area contributed by atoms with E-state index in [0.717, 1.165) is 12.3 Å². The molecule has 0 bridgehead atoms. The van der Waals surface area contributed by atoms with Gasteiger partial charge >= 0.3 is 0 Å². The lowest BCUT2D eigenvalue weighted by Gasteiger charge is -2.26. The van der Waals surface area contributed by atoms with Crippen LogP contribution in [-0.2, 0) is 6.54 Å². The summed E-state index contributed by atoms with van der Waals surface area (Å²) in [7, 11) is 0. The fourth-order valence-electron chi connectivity index (χ4n) is 2.26. The lowest BCUT2D eigenvalue weighted by Crippen LogP contribution is -2.29. The van der Waals surface area contributed by atoms with Crippen molar-refractivity contribution < 1.29 is 4.74 Å². The van der Waals surface area contributed by atoms with Crippen molar-refractivity contribution >= 4 is 0 Å². The highest BCUT2D eigenvalue weighted by atomic mass is 16.5. The largest absolute Gasteiger partial charge is 0.489 e. The van der Waals surface area contributed by atoms with Crippen LogP contribution in [0.5, 0.6) is 5.75 Å². The number of hydrogen-bond donors (Lipinski definition) is 0. The summed E-state index contributed by atoms with van der Waals surface area (Å²) in [6.45, 7) is 7.52. The van der Waals surface area contributed by atoms with Gasteiger partial charge in [-0.15, -0.1) is 0 Å². The molecule has 1 fully saturated rings. The Labute approximate surface area is 111 Å². The zero-order valence-electron chi connectivity index (χ0n) is 10.9. The van der Waals surface area contributed by atoms with Gasteiger partial charge in [0.05, 0.1) is 12.3 Å². The molecule has 1 saturated heterocycles. The average Bonchev–Trinajstić information content (AvgIpc) is 2.30. The minimum absolute atomic E-state index is 0. The maximum atomic E-state index is 5.66. The zero-order chi connectivity index (χ0) is 12.1. The van der Waals surface area contributed by atoms with Crippen molar-refractivity contribution in [2.75, 3.05) is 13.1 Å². The van der Waals surface area contributed by atoms with Gasteiger partial charge in [0.25, 0.3) is 0 Å². The summed E-state index contributed by atoms with van der Waals surface area (Å²) in [5, 5.41) is 0. The number of hydrogen-bond acceptors (Lipinski definition) is 3. The fourth-order valence-corrected chi connectivity index (χ4v) is 2.26. The van der Waals surface area contributed by atoms with Crippen molar-refractivity contribution in [3.63, 3.8) is 0 Å². The number of likely N-dealkylation sites (tertiary alicyclic amines) is 1. The second-order valence-electron chi connectivity index (χ2n) is 5.03. The Morgan fingerprint density at radius 3 is 2.61 bits per heavy atom. The Kier molecular flexibility index (Phi) is 6.13. The van der Waals surface area contributed by atoms with Crippen molar-refractivity contribution in [1.82, 2.24) is 9.88 Å². The highest BCUT2D eigenvalue weighted by Gasteiger charge is 2.11. The van der Waals surface area contributed by atoms with Crippen LogP contribution in [-0.4, -0.2) is 29.1 Å². The minimum atomic E-state index is 0. The third kappa shape index (κ3) is 4.65. The van der Waals surface area contributed by atoms with E-state index >= 15 is 0 Å². The molecule has 18 heavy (non-hydrogen) atoms. The predicted molar refractivity (Wildman–Crippen MR) is 75.9 cm³/mol. The molecule has 0 aliphatic carbocycles. The first-order valence-electron chi connectivity index (χ1n) is 6.57. The van der Waals surface area contributed by atoms with E-state index in [1.54, 1.807) is 6.20 Å². The molecular weight excluding hydrogens is 224 g/mol. The van der Waals surface area contributed by atoms with Crippen LogP contribution in [0, 0.1) is 0 Å². The van der Waals surface area contributed by atoms with E-state index in [0.29, 0.717) is 0 Å². The van der Waals surface area contributed by atoms with Gasteiger partial charge in [-0.05, 0) is 51.4 Å². The van der Waals surface area contributed by atoms with Crippen LogP contribution < -0.4 is 4.74 Å². The van der Waals surface area contributed by atoms with Gasteiger partial charge in [0.15, 0.2) is 0 Å². The first-order chi connectivity index (χ1) is 8.24. The lowest BCUT2D eigenvalue weighted by atomic mass is 10.1. The molecule has 0 atom stereocenters. The second kappa shape index (κ2) is 7.37. The van der Waals surface area contributed by atoms with Gasteiger partial charge in [-0.3, -0.25) is 9.88 Å². The summed E-state index contributed by atoms with van der Waals surface area (Å²) in [6.07, 6.45) is 7.99. The van der Waals surface area contributed by atoms with E-state index in [9.17, 15) is 0 Å². The van der Waals surface area contributed by atoms with Crippen LogP contribution in [0.15, 0.2) is 18.5 Å². The number of aromatic nitrogens is 1. The molecule has 2 heterocycles. The molecule has 0 N–H and O–H groups in total. The van der Waals surface area contributed by atoms with Gasteiger partial charge in [0.2, 0.25) is 0 Å². The number of ether oxygens (including phenoxy) is 1. The highest BCUT2D eigenvalue weighted by molar-refractivity contribution is 5.23. The van der Waals surface area contributed by atoms with Crippen LogP contribution in [0.4, 0.5) is 0 Å². The maximum Gasteiger partial charge on any atom is 0.138 e. The molecule has 1 aromatic rings. The summed E-state index contributed by atoms with van der Waals surface area (Å²) in [5.74, 6) is 0.884. The Morgan fingerprint density at radius 1 is 1.22 bits per heavy atom. The number of nitrogens with zero attached hydrogens (tertiary/aromatic N) is 2. The molecule has 102 valence electrons. The van der Waals surface area contributed by atoms with Crippen molar-refractivity contribution in [2.45, 2.75) is 53.2 Å². The second-order valence-corrected chi connectivity index (χ2v) is 5.03. The van der Waals surface area contributed by atoms with Gasteiger partial charge in [-0.2, -0.15) is 0 Å². The van der Waals surface area contributed by atoms with E-state index in [4.69, 9.17) is 4.74 Å².